The zero-order valence-corrected chi connectivity index (χ0v) is 11.1. The fourth-order valence-corrected chi connectivity index (χ4v) is 2.34. The number of hydrogen-bond acceptors (Lipinski definition) is 2. The second kappa shape index (κ2) is 5.59. The SMILES string of the molecule is NNc1cc(-c2ccccc2)ccc1-c1ccccc1. The Morgan fingerprint density at radius 1 is 0.600 bits per heavy atom. The average Bonchev–Trinajstić information content (AvgIpc) is 2.56. The van der Waals surface area contributed by atoms with Crippen LogP contribution in [0.4, 0.5) is 5.69 Å². The molecule has 2 nitrogen and oxygen atoms in total. The molecule has 0 amide bonds. The van der Waals surface area contributed by atoms with Crippen molar-refractivity contribution in [2.75, 3.05) is 5.43 Å². The molecule has 0 aliphatic rings. The number of nitrogen functional groups attached to an aromatic ring is 1. The van der Waals surface area contributed by atoms with Crippen molar-refractivity contribution < 1.29 is 0 Å². The third-order valence-corrected chi connectivity index (χ3v) is 3.37. The van der Waals surface area contributed by atoms with E-state index < -0.39 is 0 Å². The third-order valence-electron chi connectivity index (χ3n) is 3.37. The molecule has 0 atom stereocenters. The van der Waals surface area contributed by atoms with Crippen LogP contribution in [0.1, 0.15) is 0 Å². The smallest absolute Gasteiger partial charge is 0.0569 e. The van der Waals surface area contributed by atoms with E-state index in [0.29, 0.717) is 0 Å². The van der Waals surface area contributed by atoms with Crippen molar-refractivity contribution in [3.05, 3.63) is 78.9 Å². The van der Waals surface area contributed by atoms with Gasteiger partial charge in [-0.05, 0) is 22.8 Å². The van der Waals surface area contributed by atoms with Crippen molar-refractivity contribution in [1.82, 2.24) is 0 Å². The van der Waals surface area contributed by atoms with Gasteiger partial charge < -0.3 is 5.43 Å². The third kappa shape index (κ3) is 2.42. The van der Waals surface area contributed by atoms with Gasteiger partial charge in [-0.1, -0.05) is 72.8 Å². The minimum Gasteiger partial charge on any atom is -0.323 e. The van der Waals surface area contributed by atoms with E-state index in [1.54, 1.807) is 0 Å². The van der Waals surface area contributed by atoms with E-state index in [9.17, 15) is 0 Å². The van der Waals surface area contributed by atoms with Gasteiger partial charge >= 0.3 is 0 Å². The number of benzene rings is 3. The summed E-state index contributed by atoms with van der Waals surface area (Å²) in [5, 5.41) is 0. The highest BCUT2D eigenvalue weighted by Gasteiger charge is 2.06. The molecule has 3 N–H and O–H groups in total. The Morgan fingerprint density at radius 3 is 1.80 bits per heavy atom. The zero-order chi connectivity index (χ0) is 13.8. The molecule has 98 valence electrons. The van der Waals surface area contributed by atoms with Crippen LogP contribution in [0.5, 0.6) is 0 Å². The van der Waals surface area contributed by atoms with Crippen LogP contribution in [0.3, 0.4) is 0 Å². The highest BCUT2D eigenvalue weighted by atomic mass is 15.2. The number of nitrogens with two attached hydrogens (primary N) is 1. The molecule has 3 aromatic rings. The summed E-state index contributed by atoms with van der Waals surface area (Å²) in [6.45, 7) is 0. The van der Waals surface area contributed by atoms with Crippen molar-refractivity contribution in [3.63, 3.8) is 0 Å². The Balaban J connectivity index is 2.07. The lowest BCUT2D eigenvalue weighted by atomic mass is 9.98. The largest absolute Gasteiger partial charge is 0.323 e. The number of nitrogens with one attached hydrogen (secondary N) is 1. The monoisotopic (exact) mass is 260 g/mol. The molecule has 0 unspecified atom stereocenters. The molecule has 2 heteroatoms. The first kappa shape index (κ1) is 12.5. The van der Waals surface area contributed by atoms with Gasteiger partial charge in [-0.3, -0.25) is 5.84 Å². The van der Waals surface area contributed by atoms with E-state index in [2.05, 4.69) is 47.9 Å². The molecule has 20 heavy (non-hydrogen) atoms. The molecule has 3 aromatic carbocycles. The summed E-state index contributed by atoms with van der Waals surface area (Å²) in [6, 6.07) is 26.8. The first-order valence-corrected chi connectivity index (χ1v) is 6.60. The minimum atomic E-state index is 0.928. The molecule has 0 aliphatic carbocycles. The quantitative estimate of drug-likeness (QED) is 0.544. The molecule has 0 aliphatic heterocycles. The van der Waals surface area contributed by atoms with Crippen LogP contribution in [-0.2, 0) is 0 Å². The van der Waals surface area contributed by atoms with Crippen LogP contribution >= 0.6 is 0 Å². The Bertz CT molecular complexity index is 691. The van der Waals surface area contributed by atoms with Gasteiger partial charge in [-0.15, -0.1) is 0 Å². The van der Waals surface area contributed by atoms with Crippen molar-refractivity contribution >= 4 is 5.69 Å². The normalized spacial score (nSPS) is 10.2. The zero-order valence-electron chi connectivity index (χ0n) is 11.1. The summed E-state index contributed by atoms with van der Waals surface area (Å²) in [7, 11) is 0. The lowest BCUT2D eigenvalue weighted by Gasteiger charge is -2.11. The Kier molecular flexibility index (Phi) is 3.48. The number of rotatable bonds is 3. The number of hydrazine groups is 1. The summed E-state index contributed by atoms with van der Waals surface area (Å²) in [6.07, 6.45) is 0. The van der Waals surface area contributed by atoms with Crippen molar-refractivity contribution in [2.24, 2.45) is 5.84 Å². The number of hydrogen-bond donors (Lipinski definition) is 2. The first-order chi connectivity index (χ1) is 9.88. The van der Waals surface area contributed by atoms with Crippen LogP contribution < -0.4 is 11.3 Å². The highest BCUT2D eigenvalue weighted by Crippen LogP contribution is 2.31. The van der Waals surface area contributed by atoms with Gasteiger partial charge in [0.15, 0.2) is 0 Å². The molecule has 0 saturated heterocycles. The lowest BCUT2D eigenvalue weighted by Crippen LogP contribution is -2.08. The van der Waals surface area contributed by atoms with Crippen molar-refractivity contribution in [2.45, 2.75) is 0 Å². The van der Waals surface area contributed by atoms with Crippen LogP contribution in [0.25, 0.3) is 22.3 Å². The molecular formula is C18H16N2. The summed E-state index contributed by atoms with van der Waals surface area (Å²) in [5.41, 5.74) is 8.32. The van der Waals surface area contributed by atoms with E-state index in [1.807, 2.05) is 36.4 Å². The average molecular weight is 260 g/mol. The second-order valence-corrected chi connectivity index (χ2v) is 4.64. The van der Waals surface area contributed by atoms with Gasteiger partial charge in [0.2, 0.25) is 0 Å². The van der Waals surface area contributed by atoms with Crippen LogP contribution in [-0.4, -0.2) is 0 Å². The molecular weight excluding hydrogens is 244 g/mol. The van der Waals surface area contributed by atoms with Gasteiger partial charge in [-0.25, -0.2) is 0 Å². The summed E-state index contributed by atoms with van der Waals surface area (Å²) in [4.78, 5) is 0. The molecule has 0 bridgehead atoms. The van der Waals surface area contributed by atoms with Gasteiger partial charge in [-0.2, -0.15) is 0 Å². The maximum absolute atomic E-state index is 5.68. The van der Waals surface area contributed by atoms with Gasteiger partial charge in [0, 0.05) is 5.56 Å². The molecule has 0 radical (unpaired) electrons. The fourth-order valence-electron chi connectivity index (χ4n) is 2.34. The Labute approximate surface area is 118 Å². The maximum Gasteiger partial charge on any atom is 0.0569 e. The summed E-state index contributed by atoms with van der Waals surface area (Å²) in [5.74, 6) is 5.68. The molecule has 0 aromatic heterocycles. The van der Waals surface area contributed by atoms with Crippen LogP contribution in [0.15, 0.2) is 78.9 Å². The summed E-state index contributed by atoms with van der Waals surface area (Å²) < 4.78 is 0. The predicted octanol–water partition coefficient (Wildman–Crippen LogP) is 4.31. The predicted molar refractivity (Wildman–Crippen MR) is 85.1 cm³/mol. The molecule has 3 rings (SSSR count). The molecule has 0 spiro atoms. The van der Waals surface area contributed by atoms with Gasteiger partial charge in [0.1, 0.15) is 0 Å². The molecule has 0 saturated carbocycles. The van der Waals surface area contributed by atoms with E-state index >= 15 is 0 Å². The van der Waals surface area contributed by atoms with Crippen LogP contribution in [0.2, 0.25) is 0 Å². The number of anilines is 1. The summed E-state index contributed by atoms with van der Waals surface area (Å²) >= 11 is 0. The van der Waals surface area contributed by atoms with E-state index in [-0.39, 0.29) is 0 Å². The lowest BCUT2D eigenvalue weighted by molar-refractivity contribution is 1.35. The van der Waals surface area contributed by atoms with E-state index in [4.69, 9.17) is 5.84 Å². The van der Waals surface area contributed by atoms with Gasteiger partial charge in [0.25, 0.3) is 0 Å². The molecule has 0 heterocycles. The standard InChI is InChI=1S/C18H16N2/c19-20-18-13-16(14-7-3-1-4-8-14)11-12-17(18)15-9-5-2-6-10-15/h1-13,20H,19H2. The molecule has 0 fully saturated rings. The Hall–Kier alpha value is -2.58. The highest BCUT2D eigenvalue weighted by molar-refractivity contribution is 5.82. The second-order valence-electron chi connectivity index (χ2n) is 4.64. The van der Waals surface area contributed by atoms with Crippen LogP contribution in [0, 0.1) is 0 Å². The fraction of sp³-hybridized carbons (Fsp3) is 0. The Morgan fingerprint density at radius 2 is 1.20 bits per heavy atom. The minimum absolute atomic E-state index is 0.928. The maximum atomic E-state index is 5.68. The van der Waals surface area contributed by atoms with E-state index in [1.165, 1.54) is 5.56 Å². The topological polar surface area (TPSA) is 38.0 Å². The first-order valence-electron chi connectivity index (χ1n) is 6.60. The van der Waals surface area contributed by atoms with Gasteiger partial charge in [0.05, 0.1) is 5.69 Å². The van der Waals surface area contributed by atoms with Crippen molar-refractivity contribution in [3.8, 4) is 22.3 Å². The van der Waals surface area contributed by atoms with Crippen molar-refractivity contribution in [1.29, 1.82) is 0 Å². The van der Waals surface area contributed by atoms with E-state index in [0.717, 1.165) is 22.4 Å².